The summed E-state index contributed by atoms with van der Waals surface area (Å²) in [6.45, 7) is 0. The van der Waals surface area contributed by atoms with Gasteiger partial charge in [0.05, 0.1) is 56.2 Å². The van der Waals surface area contributed by atoms with E-state index in [-0.39, 0.29) is 0 Å². The SMILES string of the molecule is c1ccc(N2c3ccccc3-n3c4ccc(-c5cccc(-c6ccc7c(c6)c6cccc8c6n7-c6ccccc6N8c6ccccc6)c5)cc4c4cccc2c43)cc1. The van der Waals surface area contributed by atoms with Crippen LogP contribution in [0.4, 0.5) is 34.1 Å². The van der Waals surface area contributed by atoms with Gasteiger partial charge < -0.3 is 18.9 Å². The lowest BCUT2D eigenvalue weighted by Gasteiger charge is -2.33. The minimum absolute atomic E-state index is 1.16. The minimum Gasteiger partial charge on any atom is -0.306 e. The zero-order valence-corrected chi connectivity index (χ0v) is 31.4. The number of anilines is 6. The molecule has 4 heteroatoms. The van der Waals surface area contributed by atoms with Crippen molar-refractivity contribution in [3.05, 3.63) is 206 Å². The number of para-hydroxylation sites is 8. The van der Waals surface area contributed by atoms with Crippen LogP contribution in [-0.4, -0.2) is 9.13 Å². The summed E-state index contributed by atoms with van der Waals surface area (Å²) in [6.07, 6.45) is 0. The van der Waals surface area contributed by atoms with Crippen molar-refractivity contribution in [3.63, 3.8) is 0 Å². The Morgan fingerprint density at radius 1 is 0.241 bits per heavy atom. The average Bonchev–Trinajstić information content (AvgIpc) is 3.81. The molecule has 0 saturated carbocycles. The molecular formula is C54H34N4. The topological polar surface area (TPSA) is 16.3 Å². The maximum absolute atomic E-state index is 2.46. The molecule has 58 heavy (non-hydrogen) atoms. The maximum atomic E-state index is 2.46. The first-order valence-corrected chi connectivity index (χ1v) is 19.9. The fourth-order valence-corrected chi connectivity index (χ4v) is 9.86. The number of aromatic nitrogens is 2. The molecule has 9 aromatic carbocycles. The van der Waals surface area contributed by atoms with Crippen molar-refractivity contribution in [2.45, 2.75) is 0 Å². The minimum atomic E-state index is 1.16. The second kappa shape index (κ2) is 11.8. The molecule has 0 N–H and O–H groups in total. The molecule has 0 spiro atoms. The summed E-state index contributed by atoms with van der Waals surface area (Å²) in [4.78, 5) is 4.80. The molecule has 0 fully saturated rings. The van der Waals surface area contributed by atoms with Gasteiger partial charge in [-0.05, 0) is 113 Å². The van der Waals surface area contributed by atoms with Crippen LogP contribution >= 0.6 is 0 Å². The Bertz CT molecular complexity index is 3240. The summed E-state index contributed by atoms with van der Waals surface area (Å²) >= 11 is 0. The molecule has 2 aliphatic rings. The second-order valence-corrected chi connectivity index (χ2v) is 15.4. The summed E-state index contributed by atoms with van der Waals surface area (Å²) in [7, 11) is 0. The Labute approximate surface area is 335 Å². The number of rotatable bonds is 4. The van der Waals surface area contributed by atoms with Crippen LogP contribution in [0.1, 0.15) is 0 Å². The predicted octanol–water partition coefficient (Wildman–Crippen LogP) is 14.8. The predicted molar refractivity (Wildman–Crippen MR) is 242 cm³/mol. The fraction of sp³-hybridized carbons (Fsp3) is 0. The second-order valence-electron chi connectivity index (χ2n) is 15.4. The van der Waals surface area contributed by atoms with Crippen LogP contribution in [0.5, 0.6) is 0 Å². The molecule has 4 nitrogen and oxygen atoms in total. The number of nitrogens with zero attached hydrogens (tertiary/aromatic N) is 4. The molecule has 0 saturated heterocycles. The van der Waals surface area contributed by atoms with Crippen molar-refractivity contribution in [1.82, 2.24) is 9.13 Å². The largest absolute Gasteiger partial charge is 0.306 e. The van der Waals surface area contributed by atoms with Crippen LogP contribution < -0.4 is 9.80 Å². The van der Waals surface area contributed by atoms with Gasteiger partial charge in [-0.1, -0.05) is 115 Å². The van der Waals surface area contributed by atoms with Crippen molar-refractivity contribution in [2.75, 3.05) is 9.80 Å². The molecule has 2 aromatic heterocycles. The van der Waals surface area contributed by atoms with Crippen molar-refractivity contribution >= 4 is 77.7 Å². The zero-order valence-electron chi connectivity index (χ0n) is 31.4. The third-order valence-electron chi connectivity index (χ3n) is 12.3. The van der Waals surface area contributed by atoms with Gasteiger partial charge in [0.1, 0.15) is 0 Å². The summed E-state index contributed by atoms with van der Waals surface area (Å²) < 4.78 is 4.92. The highest BCUT2D eigenvalue weighted by Crippen LogP contribution is 2.51. The summed E-state index contributed by atoms with van der Waals surface area (Å²) in [5, 5.41) is 5.02. The van der Waals surface area contributed by atoms with E-state index < -0.39 is 0 Å². The third-order valence-corrected chi connectivity index (χ3v) is 12.3. The van der Waals surface area contributed by atoms with E-state index in [0.29, 0.717) is 0 Å². The van der Waals surface area contributed by atoms with Crippen LogP contribution in [0, 0.1) is 0 Å². The zero-order chi connectivity index (χ0) is 37.9. The molecular weight excluding hydrogens is 705 g/mol. The van der Waals surface area contributed by atoms with Crippen molar-refractivity contribution in [3.8, 4) is 33.6 Å². The maximum Gasteiger partial charge on any atom is 0.0783 e. The van der Waals surface area contributed by atoms with E-state index in [4.69, 9.17) is 0 Å². The van der Waals surface area contributed by atoms with Gasteiger partial charge >= 0.3 is 0 Å². The quantitative estimate of drug-likeness (QED) is 0.179. The normalized spacial score (nSPS) is 12.8. The Morgan fingerprint density at radius 3 is 1.09 bits per heavy atom. The molecule has 0 aliphatic carbocycles. The van der Waals surface area contributed by atoms with E-state index >= 15 is 0 Å². The highest BCUT2D eigenvalue weighted by Gasteiger charge is 2.30. The third kappa shape index (κ3) is 4.29. The standard InChI is InChI=1S/C54H34N4/c1-3-16-39(17-4-1)55-47-22-7-9-24-49(47)57-45-30-28-37(33-43(45)41-20-12-26-51(55)53(41)57)35-14-11-15-36(32-35)38-29-31-46-44(34-38)42-21-13-27-52-54(42)58(46)50-25-10-8-23-48(50)56(52)40-18-5-2-6-19-40/h1-34H. The monoisotopic (exact) mass is 738 g/mol. The molecule has 0 radical (unpaired) electrons. The van der Waals surface area contributed by atoms with Crippen molar-refractivity contribution < 1.29 is 0 Å². The van der Waals surface area contributed by atoms with E-state index in [2.05, 4.69) is 225 Å². The fourth-order valence-electron chi connectivity index (χ4n) is 9.86. The molecule has 2 aliphatic heterocycles. The number of benzene rings is 9. The number of hydrogen-bond acceptors (Lipinski definition) is 2. The molecule has 270 valence electrons. The lowest BCUT2D eigenvalue weighted by atomic mass is 9.97. The van der Waals surface area contributed by atoms with Gasteiger partial charge in [0.15, 0.2) is 0 Å². The van der Waals surface area contributed by atoms with E-state index in [1.807, 2.05) is 0 Å². The number of fused-ring (bicyclic) bond motifs is 10. The first kappa shape index (κ1) is 31.4. The summed E-state index contributed by atoms with van der Waals surface area (Å²) in [6, 6.07) is 75.4. The highest BCUT2D eigenvalue weighted by molar-refractivity contribution is 6.19. The van der Waals surface area contributed by atoms with Crippen molar-refractivity contribution in [2.24, 2.45) is 0 Å². The van der Waals surface area contributed by atoms with E-state index in [0.717, 1.165) is 11.4 Å². The molecule has 0 amide bonds. The van der Waals surface area contributed by atoms with Crippen LogP contribution in [0.3, 0.4) is 0 Å². The average molecular weight is 739 g/mol. The first-order chi connectivity index (χ1) is 28.8. The van der Waals surface area contributed by atoms with Crippen LogP contribution in [0.2, 0.25) is 0 Å². The van der Waals surface area contributed by atoms with Gasteiger partial charge in [0.2, 0.25) is 0 Å². The lowest BCUT2D eigenvalue weighted by molar-refractivity contribution is 1.11. The van der Waals surface area contributed by atoms with Gasteiger partial charge in [-0.15, -0.1) is 0 Å². The van der Waals surface area contributed by atoms with Crippen LogP contribution in [-0.2, 0) is 0 Å². The molecule has 0 bridgehead atoms. The van der Waals surface area contributed by atoms with Crippen LogP contribution in [0.15, 0.2) is 206 Å². The van der Waals surface area contributed by atoms with Gasteiger partial charge in [0.25, 0.3) is 0 Å². The summed E-state index contributed by atoms with van der Waals surface area (Å²) in [5.41, 5.74) is 19.2. The molecule has 0 atom stereocenters. The Hall–Kier alpha value is -7.82. The van der Waals surface area contributed by atoms with Gasteiger partial charge in [-0.2, -0.15) is 0 Å². The van der Waals surface area contributed by atoms with E-state index in [9.17, 15) is 0 Å². The molecule has 0 unspecified atom stereocenters. The molecule has 4 heterocycles. The Balaban J connectivity index is 0.954. The first-order valence-electron chi connectivity index (χ1n) is 19.9. The van der Waals surface area contributed by atoms with Gasteiger partial charge in [-0.25, -0.2) is 0 Å². The molecule has 13 rings (SSSR count). The Kier molecular flexibility index (Phi) is 6.41. The lowest BCUT2D eigenvalue weighted by Crippen LogP contribution is -2.17. The number of hydrogen-bond donors (Lipinski definition) is 0. The summed E-state index contributed by atoms with van der Waals surface area (Å²) in [5.74, 6) is 0. The Morgan fingerprint density at radius 2 is 0.621 bits per heavy atom. The smallest absolute Gasteiger partial charge is 0.0783 e. The van der Waals surface area contributed by atoms with Gasteiger partial charge in [-0.3, -0.25) is 0 Å². The van der Waals surface area contributed by atoms with Crippen molar-refractivity contribution in [1.29, 1.82) is 0 Å². The van der Waals surface area contributed by atoms with E-state index in [1.165, 1.54) is 100.0 Å². The van der Waals surface area contributed by atoms with Crippen LogP contribution in [0.25, 0.3) is 77.2 Å². The van der Waals surface area contributed by atoms with E-state index in [1.54, 1.807) is 0 Å². The van der Waals surface area contributed by atoms with Gasteiger partial charge in [0, 0.05) is 32.9 Å². The highest BCUT2D eigenvalue weighted by atomic mass is 15.2. The molecule has 11 aromatic rings.